The molecule has 0 aromatic heterocycles. The van der Waals surface area contributed by atoms with Gasteiger partial charge in [-0.15, -0.1) is 0 Å². The zero-order valence-corrected chi connectivity index (χ0v) is 6.89. The van der Waals surface area contributed by atoms with E-state index in [1.807, 2.05) is 0 Å². The van der Waals surface area contributed by atoms with Gasteiger partial charge in [0.05, 0.1) is 0 Å². The monoisotopic (exact) mass is 210 g/mol. The lowest BCUT2D eigenvalue weighted by molar-refractivity contribution is 0.403. The van der Waals surface area contributed by atoms with Crippen molar-refractivity contribution < 1.29 is 29.9 Å². The first-order valence-corrected chi connectivity index (χ1v) is 6.04. The second-order valence-electron chi connectivity index (χ2n) is 1.07. The molecule has 0 saturated heterocycles. The van der Waals surface area contributed by atoms with Crippen LogP contribution in [-0.2, 0) is 24.1 Å². The topological polar surface area (TPSA) is 118 Å². The Labute approximate surface area is 58.7 Å². The minimum atomic E-state index is -4.78. The van der Waals surface area contributed by atoms with Gasteiger partial charge >= 0.3 is 20.1 Å². The zero-order valence-electron chi connectivity index (χ0n) is 4.25. The number of rotatable bonds is 3. The van der Waals surface area contributed by atoms with Gasteiger partial charge in [0.15, 0.2) is 8.01 Å². The molecule has 0 saturated carbocycles. The summed E-state index contributed by atoms with van der Waals surface area (Å²) in [6.07, 6.45) is 0. The minimum absolute atomic E-state index is 1.72. The standard InChI is InChI=1S/H3O7PS2/c1-9(2,3)7-8-10(4,5)6/h8H,(H,1,2,3)(H,4,5,6). The molecule has 7 nitrogen and oxygen atoms in total. The van der Waals surface area contributed by atoms with E-state index in [2.05, 4.69) is 3.97 Å². The fraction of sp³-hybridized carbons (Fsp3) is 0. The quantitative estimate of drug-likeness (QED) is 0.462. The van der Waals surface area contributed by atoms with Crippen molar-refractivity contribution in [3.63, 3.8) is 0 Å². The van der Waals surface area contributed by atoms with Gasteiger partial charge in [-0.25, -0.2) is 3.97 Å². The van der Waals surface area contributed by atoms with E-state index in [9.17, 15) is 16.8 Å². The minimum Gasteiger partial charge on any atom is -0.281 e. The van der Waals surface area contributed by atoms with Crippen molar-refractivity contribution in [1.82, 2.24) is 0 Å². The Morgan fingerprint density at radius 2 is 1.50 bits per heavy atom. The Hall–Kier alpha value is 0.210. The predicted molar refractivity (Wildman–Crippen MR) is 32.5 cm³/mol. The Morgan fingerprint density at radius 1 is 1.10 bits per heavy atom. The van der Waals surface area contributed by atoms with Crippen LogP contribution < -0.4 is 0 Å². The van der Waals surface area contributed by atoms with E-state index in [4.69, 9.17) is 9.11 Å². The maximum absolute atomic E-state index is 9.75. The largest absolute Gasteiger partial charge is 0.401 e. The molecule has 10 heavy (non-hydrogen) atoms. The molecule has 0 bridgehead atoms. The van der Waals surface area contributed by atoms with Crippen LogP contribution >= 0.6 is 8.01 Å². The Balaban J connectivity index is 4.05. The second kappa shape index (κ2) is 3.07. The van der Waals surface area contributed by atoms with Crippen molar-refractivity contribution in [1.29, 1.82) is 0 Å². The van der Waals surface area contributed by atoms with Gasteiger partial charge in [0, 0.05) is 0 Å². The summed E-state index contributed by atoms with van der Waals surface area (Å²) in [7, 11) is -11.0. The molecule has 10 heteroatoms. The summed E-state index contributed by atoms with van der Waals surface area (Å²) in [5.41, 5.74) is 0. The molecule has 0 radical (unpaired) electrons. The lowest BCUT2D eigenvalue weighted by atomic mass is 15.8. The maximum atomic E-state index is 9.75. The molecule has 0 aliphatic rings. The highest BCUT2D eigenvalue weighted by molar-refractivity contribution is 8.39. The van der Waals surface area contributed by atoms with Gasteiger partial charge < -0.3 is 0 Å². The van der Waals surface area contributed by atoms with Gasteiger partial charge in [0.2, 0.25) is 0 Å². The van der Waals surface area contributed by atoms with Crippen LogP contribution in [0.3, 0.4) is 0 Å². The van der Waals surface area contributed by atoms with E-state index >= 15 is 0 Å². The average molecular weight is 210 g/mol. The molecule has 0 amide bonds. The lowest BCUT2D eigenvalue weighted by Crippen LogP contribution is -1.98. The van der Waals surface area contributed by atoms with E-state index in [0.29, 0.717) is 0 Å². The Bertz CT molecular complexity index is 248. The normalized spacial score (nSPS) is 14.6. The van der Waals surface area contributed by atoms with Gasteiger partial charge in [-0.2, -0.15) is 16.8 Å². The molecule has 0 aromatic rings. The molecule has 0 aliphatic carbocycles. The van der Waals surface area contributed by atoms with Crippen molar-refractivity contribution >= 4 is 28.1 Å². The molecule has 1 unspecified atom stereocenters. The molecular formula is H3O7PS2. The van der Waals surface area contributed by atoms with Crippen LogP contribution in [0.1, 0.15) is 0 Å². The summed E-state index contributed by atoms with van der Waals surface area (Å²) in [4.78, 5) is 0. The van der Waals surface area contributed by atoms with Crippen molar-refractivity contribution in [3.05, 3.63) is 0 Å². The number of hydrogen-bond acceptors (Lipinski definition) is 5. The van der Waals surface area contributed by atoms with Crippen LogP contribution in [-0.4, -0.2) is 25.9 Å². The van der Waals surface area contributed by atoms with E-state index < -0.39 is 28.1 Å². The third-order valence-electron chi connectivity index (χ3n) is 0.245. The van der Waals surface area contributed by atoms with Crippen molar-refractivity contribution in [3.8, 4) is 0 Å². The van der Waals surface area contributed by atoms with Gasteiger partial charge in [-0.05, 0) is 0 Å². The molecule has 62 valence electrons. The first-order valence-electron chi connectivity index (χ1n) is 1.61. The van der Waals surface area contributed by atoms with Crippen LogP contribution in [0.2, 0.25) is 0 Å². The SMILES string of the molecule is O=S(=O)(O)OPS(=O)(=O)O. The lowest BCUT2D eigenvalue weighted by Gasteiger charge is -1.93. The van der Waals surface area contributed by atoms with E-state index in [-0.39, 0.29) is 0 Å². The van der Waals surface area contributed by atoms with Gasteiger partial charge in [-0.1, -0.05) is 0 Å². The molecule has 0 fully saturated rings. The number of hydrogen-bond donors (Lipinski definition) is 2. The predicted octanol–water partition coefficient (Wildman–Crippen LogP) is -0.798. The average Bonchev–Trinajstić information content (AvgIpc) is 1.57. The smallest absolute Gasteiger partial charge is 0.281 e. The summed E-state index contributed by atoms with van der Waals surface area (Å²) in [6.45, 7) is 0. The summed E-state index contributed by atoms with van der Waals surface area (Å²) < 4.78 is 57.7. The van der Waals surface area contributed by atoms with Crippen molar-refractivity contribution in [2.24, 2.45) is 0 Å². The Morgan fingerprint density at radius 3 is 1.60 bits per heavy atom. The summed E-state index contributed by atoms with van der Waals surface area (Å²) in [6, 6.07) is 0. The first-order chi connectivity index (χ1) is 4.21. The molecule has 1 atom stereocenters. The highest BCUT2D eigenvalue weighted by atomic mass is 32.8. The van der Waals surface area contributed by atoms with E-state index in [0.717, 1.165) is 0 Å². The van der Waals surface area contributed by atoms with Crippen LogP contribution in [0.15, 0.2) is 0 Å². The molecule has 0 rings (SSSR count). The fourth-order valence-corrected chi connectivity index (χ4v) is 2.32. The zero-order chi connectivity index (χ0) is 8.41. The highest BCUT2D eigenvalue weighted by Crippen LogP contribution is 2.21. The molecule has 2 N–H and O–H groups in total. The van der Waals surface area contributed by atoms with Crippen molar-refractivity contribution in [2.75, 3.05) is 0 Å². The van der Waals surface area contributed by atoms with Crippen LogP contribution in [0.4, 0.5) is 0 Å². The van der Waals surface area contributed by atoms with Crippen molar-refractivity contribution in [2.45, 2.75) is 0 Å². The van der Waals surface area contributed by atoms with Crippen LogP contribution in [0.5, 0.6) is 0 Å². The third kappa shape index (κ3) is 8.21. The van der Waals surface area contributed by atoms with E-state index in [1.165, 1.54) is 0 Å². The Kier molecular flexibility index (Phi) is 3.14. The fourth-order valence-electron chi connectivity index (χ4n) is 0.0860. The molecule has 0 heterocycles. The summed E-state index contributed by atoms with van der Waals surface area (Å²) in [5.74, 6) is 0. The van der Waals surface area contributed by atoms with Gasteiger partial charge in [-0.3, -0.25) is 9.11 Å². The molecular weight excluding hydrogens is 207 g/mol. The summed E-state index contributed by atoms with van der Waals surface area (Å²) in [5, 5.41) is 0. The van der Waals surface area contributed by atoms with Gasteiger partial charge in [0.1, 0.15) is 0 Å². The molecule has 0 aromatic carbocycles. The van der Waals surface area contributed by atoms with Gasteiger partial charge in [0.25, 0.3) is 0 Å². The summed E-state index contributed by atoms with van der Waals surface area (Å²) >= 11 is 0. The van der Waals surface area contributed by atoms with E-state index in [1.54, 1.807) is 0 Å². The maximum Gasteiger partial charge on any atom is 0.401 e. The second-order valence-corrected chi connectivity index (χ2v) is 5.76. The highest BCUT2D eigenvalue weighted by Gasteiger charge is 2.12. The first kappa shape index (κ1) is 10.2. The van der Waals surface area contributed by atoms with Crippen LogP contribution in [0, 0.1) is 0 Å². The third-order valence-corrected chi connectivity index (χ3v) is 2.81. The molecule has 0 spiro atoms. The molecule has 0 aliphatic heterocycles. The van der Waals surface area contributed by atoms with Crippen LogP contribution in [0.25, 0.3) is 0 Å².